The second-order valence-corrected chi connectivity index (χ2v) is 14.9. The van der Waals surface area contributed by atoms with Gasteiger partial charge in [0, 0.05) is 0 Å². The maximum absolute atomic E-state index is 4.93. The Balaban J connectivity index is 0.000000177. The van der Waals surface area contributed by atoms with E-state index in [0.717, 1.165) is 22.4 Å². The summed E-state index contributed by atoms with van der Waals surface area (Å²) < 4.78 is 0. The molecule has 1 aliphatic heterocycles. The van der Waals surface area contributed by atoms with Gasteiger partial charge in [-0.3, -0.25) is 0 Å². The van der Waals surface area contributed by atoms with Gasteiger partial charge < -0.3 is 0 Å². The molecule has 0 fully saturated rings. The Bertz CT molecular complexity index is 1410. The molecule has 38 heavy (non-hydrogen) atoms. The monoisotopic (exact) mass is 628 g/mol. The molecule has 1 heterocycles. The zero-order valence-electron chi connectivity index (χ0n) is 22.2. The molecule has 5 aromatic carbocycles. The van der Waals surface area contributed by atoms with Crippen LogP contribution >= 0.6 is 17.0 Å². The Morgan fingerprint density at radius 3 is 2.34 bits per heavy atom. The molecule has 0 spiro atoms. The predicted octanol–water partition coefficient (Wildman–Crippen LogP) is 8.88. The largest absolute Gasteiger partial charge is 0.184 e. The smallest absolute Gasteiger partial charge is 0.0920 e. The van der Waals surface area contributed by atoms with Gasteiger partial charge in [-0.05, 0) is 24.3 Å². The van der Waals surface area contributed by atoms with Crippen molar-refractivity contribution in [2.75, 3.05) is 0 Å². The van der Waals surface area contributed by atoms with E-state index in [2.05, 4.69) is 118 Å². The first-order valence-corrected chi connectivity index (χ1v) is 20.5. The van der Waals surface area contributed by atoms with Crippen LogP contribution in [0, 0.1) is 12.0 Å². The molecular formula is C34H32Cl2SiZr. The third-order valence-corrected chi connectivity index (χ3v) is 7.96. The summed E-state index contributed by atoms with van der Waals surface area (Å²) in [6, 6.07) is 38.4. The molecule has 5 aromatic rings. The molecule has 0 bridgehead atoms. The number of aryl methyl sites for hydroxylation is 1. The molecule has 0 N–H and O–H groups in total. The molecule has 0 amide bonds. The standard InChI is InChI=1S/C22H25.C12H7Si.2ClH.Zr/c1-4-8-18-11-12-20-14-17(13-16(2)3)15-21(20)22(18)19-9-6-5-7-10-19;1-3-7-11-9(5-1)10-6-2-4-8-12(10)13-11;;;/h5-7,9-12,14-16H,4,8,13H2,1-3H3;1-7H;2*1H;/q2*-1;;;+4/p-2. The Labute approximate surface area is 249 Å². The number of hydrogen-bond acceptors (Lipinski definition) is 0. The van der Waals surface area contributed by atoms with Crippen LogP contribution in [0.5, 0.6) is 0 Å². The predicted molar refractivity (Wildman–Crippen MR) is 165 cm³/mol. The third-order valence-electron chi connectivity index (χ3n) is 6.59. The van der Waals surface area contributed by atoms with Crippen molar-refractivity contribution in [1.82, 2.24) is 0 Å². The minimum Gasteiger partial charge on any atom is -0.184 e. The number of rotatable bonds is 5. The maximum Gasteiger partial charge on any atom is 0.0920 e. The van der Waals surface area contributed by atoms with Crippen molar-refractivity contribution in [3.63, 3.8) is 0 Å². The van der Waals surface area contributed by atoms with Gasteiger partial charge in [-0.25, -0.2) is 0 Å². The van der Waals surface area contributed by atoms with E-state index in [9.17, 15) is 0 Å². The zero-order chi connectivity index (χ0) is 26.9. The molecule has 0 saturated heterocycles. The van der Waals surface area contributed by atoms with Gasteiger partial charge in [0.15, 0.2) is 0 Å². The fourth-order valence-corrected chi connectivity index (χ4v) is 6.44. The molecule has 0 saturated carbocycles. The average molecular weight is 631 g/mol. The summed E-state index contributed by atoms with van der Waals surface area (Å²) >= 11 is -0.826. The summed E-state index contributed by atoms with van der Waals surface area (Å²) in [5.74, 6) is 0.701. The number of benzene rings is 4. The Morgan fingerprint density at radius 1 is 0.895 bits per heavy atom. The molecule has 0 atom stereocenters. The van der Waals surface area contributed by atoms with E-state index in [0.29, 0.717) is 5.92 Å². The summed E-state index contributed by atoms with van der Waals surface area (Å²) in [6.45, 7) is 6.84. The first-order chi connectivity index (χ1) is 18.5. The van der Waals surface area contributed by atoms with Crippen molar-refractivity contribution in [1.29, 1.82) is 0 Å². The van der Waals surface area contributed by atoms with Gasteiger partial charge in [0.1, 0.15) is 0 Å². The van der Waals surface area contributed by atoms with E-state index >= 15 is 0 Å². The first kappa shape index (κ1) is 29.2. The van der Waals surface area contributed by atoms with Gasteiger partial charge in [-0.1, -0.05) is 104 Å². The van der Waals surface area contributed by atoms with Crippen molar-refractivity contribution in [3.05, 3.63) is 114 Å². The normalized spacial score (nSPS) is 11.1. The summed E-state index contributed by atoms with van der Waals surface area (Å²) in [7, 11) is 10.7. The third kappa shape index (κ3) is 7.22. The quantitative estimate of drug-likeness (QED) is 0.132. The summed E-state index contributed by atoms with van der Waals surface area (Å²) in [6.07, 6.45) is 3.49. The summed E-state index contributed by atoms with van der Waals surface area (Å²) in [4.78, 5) is 0. The van der Waals surface area contributed by atoms with Gasteiger partial charge in [0.05, 0.1) is 9.52 Å². The van der Waals surface area contributed by atoms with Gasteiger partial charge in [0.25, 0.3) is 0 Å². The maximum atomic E-state index is 4.93. The van der Waals surface area contributed by atoms with Crippen molar-refractivity contribution in [3.8, 4) is 22.3 Å². The van der Waals surface area contributed by atoms with Crippen molar-refractivity contribution >= 4 is 47.7 Å². The fourth-order valence-electron chi connectivity index (χ4n) is 5.13. The second kappa shape index (κ2) is 14.5. The van der Waals surface area contributed by atoms with Gasteiger partial charge in [0.2, 0.25) is 0 Å². The molecule has 1 aliphatic rings. The molecule has 190 valence electrons. The topological polar surface area (TPSA) is 0 Å². The molecule has 6 rings (SSSR count). The molecule has 0 aromatic heterocycles. The zero-order valence-corrected chi connectivity index (χ0v) is 27.2. The molecule has 0 nitrogen and oxygen atoms in total. The van der Waals surface area contributed by atoms with Crippen LogP contribution in [-0.4, -0.2) is 9.52 Å². The van der Waals surface area contributed by atoms with Crippen molar-refractivity contribution in [2.45, 2.75) is 40.0 Å². The van der Waals surface area contributed by atoms with Crippen LogP contribution in [-0.2, 0) is 33.7 Å². The SMILES string of the molecule is CCCc1ccc2[cH-]c(CC(C)C)cc2c1-c1ccccc1.[Cl][Zr+2][Cl].[c-]1cccc2c1[Si]c1ccccc1-2. The number of halogens is 2. The minimum atomic E-state index is -0.826. The van der Waals surface area contributed by atoms with Gasteiger partial charge in [-0.2, -0.15) is 35.5 Å². The second-order valence-electron chi connectivity index (χ2n) is 9.88. The van der Waals surface area contributed by atoms with Crippen molar-refractivity contribution in [2.24, 2.45) is 5.92 Å². The molecule has 0 aliphatic carbocycles. The molecule has 2 radical (unpaired) electrons. The van der Waals surface area contributed by atoms with Gasteiger partial charge in [-0.15, -0.1) is 40.1 Å². The fraction of sp³-hybridized carbons (Fsp3) is 0.206. The minimum absolute atomic E-state index is 0.701. The van der Waals surface area contributed by atoms with Gasteiger partial charge >= 0.3 is 37.9 Å². The Morgan fingerprint density at radius 2 is 1.61 bits per heavy atom. The van der Waals surface area contributed by atoms with Crippen LogP contribution in [0.15, 0.2) is 97.1 Å². The Hall–Kier alpha value is -1.83. The molecule has 4 heteroatoms. The number of hydrogen-bond donors (Lipinski definition) is 0. The van der Waals surface area contributed by atoms with Crippen LogP contribution in [0.1, 0.15) is 38.3 Å². The van der Waals surface area contributed by atoms with Crippen LogP contribution in [0.25, 0.3) is 33.0 Å². The van der Waals surface area contributed by atoms with Crippen LogP contribution in [0.4, 0.5) is 0 Å². The van der Waals surface area contributed by atoms with E-state index in [1.54, 1.807) is 0 Å². The summed E-state index contributed by atoms with van der Waals surface area (Å²) in [5, 5.41) is 5.63. The van der Waals surface area contributed by atoms with E-state index in [1.165, 1.54) is 60.9 Å². The van der Waals surface area contributed by atoms with E-state index in [-0.39, 0.29) is 0 Å². The van der Waals surface area contributed by atoms with E-state index in [4.69, 9.17) is 17.0 Å². The van der Waals surface area contributed by atoms with E-state index in [1.807, 2.05) is 6.07 Å². The van der Waals surface area contributed by atoms with Crippen LogP contribution < -0.4 is 10.4 Å². The summed E-state index contributed by atoms with van der Waals surface area (Å²) in [5.41, 5.74) is 8.50. The molecule has 0 unspecified atom stereocenters. The molecular weight excluding hydrogens is 599 g/mol. The Kier molecular flexibility index (Phi) is 11.1. The van der Waals surface area contributed by atoms with Crippen LogP contribution in [0.3, 0.4) is 0 Å². The van der Waals surface area contributed by atoms with Crippen molar-refractivity contribution < 1.29 is 20.8 Å². The van der Waals surface area contributed by atoms with E-state index < -0.39 is 20.8 Å². The van der Waals surface area contributed by atoms with Crippen LogP contribution in [0.2, 0.25) is 0 Å². The first-order valence-electron chi connectivity index (χ1n) is 13.2. The average Bonchev–Trinajstić information content (AvgIpc) is 3.50. The number of fused-ring (bicyclic) bond motifs is 4.